The highest BCUT2D eigenvalue weighted by Gasteiger charge is 2.31. The van der Waals surface area contributed by atoms with Gasteiger partial charge in [-0.1, -0.05) is 38.1 Å². The summed E-state index contributed by atoms with van der Waals surface area (Å²) in [6.45, 7) is 12.2. The van der Waals surface area contributed by atoms with Gasteiger partial charge in [-0.3, -0.25) is 0 Å². The molecule has 1 atom stereocenters. The molecule has 0 N–H and O–H groups in total. The van der Waals surface area contributed by atoms with Gasteiger partial charge in [0.05, 0.1) is 6.61 Å². The number of hydrogen-bond acceptors (Lipinski definition) is 1. The van der Waals surface area contributed by atoms with Crippen LogP contribution in [0.3, 0.4) is 0 Å². The molecule has 1 aliphatic carbocycles. The molecule has 0 radical (unpaired) electrons. The van der Waals surface area contributed by atoms with Gasteiger partial charge in [0.25, 0.3) is 0 Å². The molecule has 2 aliphatic rings. The Balaban J connectivity index is 1.66. The number of hydrogen-bond donors (Lipinski definition) is 0. The van der Waals surface area contributed by atoms with Crippen LogP contribution >= 0.6 is 0 Å². The molecule has 0 amide bonds. The summed E-state index contributed by atoms with van der Waals surface area (Å²) in [6.07, 6.45) is 4.71. The quantitative estimate of drug-likeness (QED) is 0.636. The first-order chi connectivity index (χ1) is 11.8. The van der Waals surface area contributed by atoms with Crippen LogP contribution in [-0.4, -0.2) is 6.61 Å². The van der Waals surface area contributed by atoms with Crippen molar-refractivity contribution < 1.29 is 4.74 Å². The number of ether oxygens (including phenoxy) is 1. The van der Waals surface area contributed by atoms with Crippen LogP contribution in [0.2, 0.25) is 0 Å². The Kier molecular flexibility index (Phi) is 3.94. The summed E-state index contributed by atoms with van der Waals surface area (Å²) in [5, 5.41) is 0. The van der Waals surface area contributed by atoms with Gasteiger partial charge >= 0.3 is 0 Å². The van der Waals surface area contributed by atoms with Crippen molar-refractivity contribution in [2.24, 2.45) is 5.41 Å². The molecule has 1 heteroatoms. The van der Waals surface area contributed by atoms with Gasteiger partial charge < -0.3 is 4.74 Å². The van der Waals surface area contributed by atoms with E-state index in [-0.39, 0.29) is 0 Å². The standard InChI is InChI=1S/C24H30O/c1-15-10-17(3)22(11-16(15)2)20-12-18-6-7-19-13-24(4,5)9-8-21(19)23(18)25-14-20/h6-7,10-11,20H,8-9,12-14H2,1-5H3. The topological polar surface area (TPSA) is 9.23 Å². The molecule has 1 heterocycles. The molecule has 4 rings (SSSR count). The third-order valence-corrected chi connectivity index (χ3v) is 6.38. The zero-order chi connectivity index (χ0) is 17.8. The fourth-order valence-electron chi connectivity index (χ4n) is 4.70. The largest absolute Gasteiger partial charge is 0.492 e. The molecule has 1 unspecified atom stereocenters. The number of aryl methyl sites for hydroxylation is 3. The van der Waals surface area contributed by atoms with Crippen LogP contribution in [0, 0.1) is 26.2 Å². The molecule has 1 nitrogen and oxygen atoms in total. The number of rotatable bonds is 1. The zero-order valence-corrected chi connectivity index (χ0v) is 16.3. The summed E-state index contributed by atoms with van der Waals surface area (Å²) in [7, 11) is 0. The number of benzene rings is 2. The van der Waals surface area contributed by atoms with Crippen molar-refractivity contribution in [1.82, 2.24) is 0 Å². The first kappa shape index (κ1) is 16.7. The summed E-state index contributed by atoms with van der Waals surface area (Å²) in [5.41, 5.74) is 10.5. The summed E-state index contributed by atoms with van der Waals surface area (Å²) >= 11 is 0. The Bertz CT molecular complexity index is 828. The van der Waals surface area contributed by atoms with E-state index >= 15 is 0 Å². The van der Waals surface area contributed by atoms with E-state index < -0.39 is 0 Å². The van der Waals surface area contributed by atoms with E-state index in [1.54, 1.807) is 0 Å². The van der Waals surface area contributed by atoms with Crippen LogP contribution in [-0.2, 0) is 19.3 Å². The van der Waals surface area contributed by atoms with E-state index in [2.05, 4.69) is 58.9 Å². The Morgan fingerprint density at radius 2 is 1.68 bits per heavy atom. The minimum absolute atomic E-state index is 0.426. The van der Waals surface area contributed by atoms with E-state index in [1.165, 1.54) is 64.0 Å². The van der Waals surface area contributed by atoms with Crippen LogP contribution in [0.1, 0.15) is 65.1 Å². The second-order valence-electron chi connectivity index (χ2n) is 9.04. The van der Waals surface area contributed by atoms with Crippen molar-refractivity contribution >= 4 is 0 Å². The average molecular weight is 335 g/mol. The molecule has 25 heavy (non-hydrogen) atoms. The summed E-state index contributed by atoms with van der Waals surface area (Å²) in [4.78, 5) is 0. The van der Waals surface area contributed by atoms with Gasteiger partial charge in [-0.25, -0.2) is 0 Å². The highest BCUT2D eigenvalue weighted by atomic mass is 16.5. The monoisotopic (exact) mass is 334 g/mol. The molecule has 132 valence electrons. The van der Waals surface area contributed by atoms with Gasteiger partial charge in [0.15, 0.2) is 0 Å². The zero-order valence-electron chi connectivity index (χ0n) is 16.3. The SMILES string of the molecule is Cc1cc(C)c(C2COc3c(ccc4c3CCC(C)(C)C4)C2)cc1C. The minimum atomic E-state index is 0.426. The lowest BCUT2D eigenvalue weighted by atomic mass is 9.73. The molecular formula is C24H30O. The molecule has 0 aromatic heterocycles. The summed E-state index contributed by atoms with van der Waals surface area (Å²) in [5.74, 6) is 1.69. The van der Waals surface area contributed by atoms with Crippen molar-refractivity contribution in [3.05, 3.63) is 63.2 Å². The highest BCUT2D eigenvalue weighted by molar-refractivity contribution is 5.51. The molecule has 2 aromatic rings. The van der Waals surface area contributed by atoms with Crippen LogP contribution < -0.4 is 4.74 Å². The second-order valence-corrected chi connectivity index (χ2v) is 9.04. The van der Waals surface area contributed by atoms with Crippen LogP contribution in [0.25, 0.3) is 0 Å². The average Bonchev–Trinajstić information content (AvgIpc) is 2.56. The molecule has 0 spiro atoms. The van der Waals surface area contributed by atoms with Gasteiger partial charge in [-0.15, -0.1) is 0 Å². The summed E-state index contributed by atoms with van der Waals surface area (Å²) < 4.78 is 6.38. The molecule has 0 saturated heterocycles. The van der Waals surface area contributed by atoms with Gasteiger partial charge in [0.2, 0.25) is 0 Å². The van der Waals surface area contributed by atoms with E-state index in [0.29, 0.717) is 11.3 Å². The number of fused-ring (bicyclic) bond motifs is 3. The van der Waals surface area contributed by atoms with E-state index in [4.69, 9.17) is 4.74 Å². The lowest BCUT2D eigenvalue weighted by molar-refractivity contribution is 0.251. The van der Waals surface area contributed by atoms with Gasteiger partial charge in [0.1, 0.15) is 5.75 Å². The third-order valence-electron chi connectivity index (χ3n) is 6.38. The minimum Gasteiger partial charge on any atom is -0.492 e. The Hall–Kier alpha value is -1.76. The van der Waals surface area contributed by atoms with Crippen molar-refractivity contribution in [1.29, 1.82) is 0 Å². The Morgan fingerprint density at radius 1 is 0.960 bits per heavy atom. The fraction of sp³-hybridized carbons (Fsp3) is 0.500. The third kappa shape index (κ3) is 2.99. The van der Waals surface area contributed by atoms with Crippen LogP contribution in [0.4, 0.5) is 0 Å². The Labute approximate surface area is 152 Å². The molecule has 0 fully saturated rings. The van der Waals surface area contributed by atoms with E-state index in [0.717, 1.165) is 13.0 Å². The maximum Gasteiger partial charge on any atom is 0.125 e. The Morgan fingerprint density at radius 3 is 2.48 bits per heavy atom. The maximum absolute atomic E-state index is 6.38. The van der Waals surface area contributed by atoms with Crippen molar-refractivity contribution in [2.45, 2.75) is 66.2 Å². The predicted octanol–water partition coefficient (Wildman–Crippen LogP) is 5.85. The van der Waals surface area contributed by atoms with Gasteiger partial charge in [0, 0.05) is 5.92 Å². The summed E-state index contributed by atoms with van der Waals surface area (Å²) in [6, 6.07) is 9.41. The van der Waals surface area contributed by atoms with Crippen LogP contribution in [0.15, 0.2) is 24.3 Å². The van der Waals surface area contributed by atoms with Crippen molar-refractivity contribution in [3.63, 3.8) is 0 Å². The second kappa shape index (κ2) is 5.90. The van der Waals surface area contributed by atoms with E-state index in [1.807, 2.05) is 0 Å². The fourth-order valence-corrected chi connectivity index (χ4v) is 4.70. The molecular weight excluding hydrogens is 304 g/mol. The lowest BCUT2D eigenvalue weighted by Crippen LogP contribution is -2.26. The van der Waals surface area contributed by atoms with Crippen molar-refractivity contribution in [2.75, 3.05) is 6.61 Å². The predicted molar refractivity (Wildman–Crippen MR) is 105 cm³/mol. The smallest absolute Gasteiger partial charge is 0.125 e. The van der Waals surface area contributed by atoms with Crippen LogP contribution in [0.5, 0.6) is 5.75 Å². The molecule has 0 saturated carbocycles. The molecule has 0 bridgehead atoms. The highest BCUT2D eigenvalue weighted by Crippen LogP contribution is 2.43. The van der Waals surface area contributed by atoms with Gasteiger partial charge in [-0.05, 0) is 90.8 Å². The molecule has 2 aromatic carbocycles. The first-order valence-electron chi connectivity index (χ1n) is 9.68. The normalized spacial score (nSPS) is 21.2. The first-order valence-corrected chi connectivity index (χ1v) is 9.68. The lowest BCUT2D eigenvalue weighted by Gasteiger charge is -2.35. The maximum atomic E-state index is 6.38. The molecule has 1 aliphatic heterocycles. The van der Waals surface area contributed by atoms with Crippen molar-refractivity contribution in [3.8, 4) is 5.75 Å². The van der Waals surface area contributed by atoms with E-state index in [9.17, 15) is 0 Å². The van der Waals surface area contributed by atoms with Gasteiger partial charge in [-0.2, -0.15) is 0 Å².